The maximum Gasteiger partial charge on any atom is 0.423 e. The highest BCUT2D eigenvalue weighted by molar-refractivity contribution is 7.93. The van der Waals surface area contributed by atoms with Crippen LogP contribution < -0.4 is 10.5 Å². The van der Waals surface area contributed by atoms with Crippen molar-refractivity contribution in [2.75, 3.05) is 11.5 Å². The molecule has 1 aliphatic rings. The smallest absolute Gasteiger partial charge is 0.421 e. The molecular weight excluding hydrogens is 451 g/mol. The standard InChI is InChI=1S/C20H20F3N3O5S/c21-20(22,23)19(29,9-11-32(30)10-8-15(24)17(27)26-32)16-7-6-14(12-25-16)31-18(28)13-4-2-1-3-5-13/h1-7,12,15,29H,8-11,24H2/t15-,19?,32?/m0/s1. The highest BCUT2D eigenvalue weighted by atomic mass is 32.2. The summed E-state index contributed by atoms with van der Waals surface area (Å²) in [6, 6.07) is 8.93. The predicted octanol–water partition coefficient (Wildman–Crippen LogP) is 2.17. The van der Waals surface area contributed by atoms with Crippen LogP contribution in [0.3, 0.4) is 0 Å². The molecule has 3 atom stereocenters. The number of pyridine rings is 1. The van der Waals surface area contributed by atoms with Crippen LogP contribution >= 0.6 is 0 Å². The second-order valence-electron chi connectivity index (χ2n) is 7.25. The van der Waals surface area contributed by atoms with E-state index in [1.165, 1.54) is 12.1 Å². The number of hydrogen-bond acceptors (Lipinski definition) is 7. The van der Waals surface area contributed by atoms with E-state index in [2.05, 4.69) is 9.35 Å². The second-order valence-corrected chi connectivity index (χ2v) is 9.79. The van der Waals surface area contributed by atoms with E-state index in [9.17, 15) is 32.1 Å². The fourth-order valence-corrected chi connectivity index (χ4v) is 5.09. The number of ether oxygens (including phenoxy) is 1. The van der Waals surface area contributed by atoms with E-state index in [-0.39, 0.29) is 23.5 Å². The third kappa shape index (κ3) is 5.14. The van der Waals surface area contributed by atoms with Gasteiger partial charge in [-0.05, 0) is 30.7 Å². The van der Waals surface area contributed by atoms with Crippen molar-refractivity contribution < 1.29 is 36.8 Å². The molecule has 12 heteroatoms. The van der Waals surface area contributed by atoms with Crippen molar-refractivity contribution >= 4 is 21.6 Å². The molecule has 2 unspecified atom stereocenters. The first-order chi connectivity index (χ1) is 14.9. The van der Waals surface area contributed by atoms with Gasteiger partial charge < -0.3 is 15.6 Å². The van der Waals surface area contributed by atoms with Crippen molar-refractivity contribution in [3.05, 3.63) is 59.9 Å². The molecule has 32 heavy (non-hydrogen) atoms. The van der Waals surface area contributed by atoms with E-state index in [1.54, 1.807) is 18.2 Å². The first-order valence-electron chi connectivity index (χ1n) is 9.48. The van der Waals surface area contributed by atoms with Crippen LogP contribution in [0.15, 0.2) is 53.0 Å². The zero-order chi connectivity index (χ0) is 23.6. The Labute approximate surface area is 181 Å². The maximum atomic E-state index is 13.8. The van der Waals surface area contributed by atoms with Crippen molar-refractivity contribution in [2.45, 2.75) is 30.7 Å². The molecule has 3 rings (SSSR count). The number of halogens is 3. The Balaban J connectivity index is 1.80. The topological polar surface area (TPSA) is 132 Å². The van der Waals surface area contributed by atoms with Gasteiger partial charge in [0.25, 0.3) is 5.91 Å². The number of esters is 1. The Bertz CT molecular complexity index is 1120. The minimum Gasteiger partial charge on any atom is -0.421 e. The number of aliphatic hydroxyl groups is 1. The first kappa shape index (κ1) is 23.8. The number of carbonyl (C=O) groups excluding carboxylic acids is 2. The van der Waals surface area contributed by atoms with Crippen LogP contribution in [0.25, 0.3) is 0 Å². The second kappa shape index (κ2) is 8.96. The van der Waals surface area contributed by atoms with Gasteiger partial charge in [0.05, 0.1) is 33.2 Å². The largest absolute Gasteiger partial charge is 0.423 e. The number of benzene rings is 1. The number of aromatic nitrogens is 1. The molecule has 0 fully saturated rings. The van der Waals surface area contributed by atoms with Gasteiger partial charge in [0.15, 0.2) is 0 Å². The quantitative estimate of drug-likeness (QED) is 0.617. The van der Waals surface area contributed by atoms with Gasteiger partial charge in [0, 0.05) is 17.9 Å². The summed E-state index contributed by atoms with van der Waals surface area (Å²) in [6.45, 7) is 0. The van der Waals surface area contributed by atoms with E-state index in [4.69, 9.17) is 10.5 Å². The SMILES string of the molecule is N[C@H]1CCS(=O)(CCC(O)(c2ccc(OC(=O)c3ccccc3)cn2)C(F)(F)F)=NC1=O. The Hall–Kier alpha value is -2.83. The highest BCUT2D eigenvalue weighted by Gasteiger charge is 2.56. The number of hydrogen-bond donors (Lipinski definition) is 2. The van der Waals surface area contributed by atoms with Crippen LogP contribution in [-0.4, -0.2) is 49.9 Å². The summed E-state index contributed by atoms with van der Waals surface area (Å²) in [5.74, 6) is -2.51. The van der Waals surface area contributed by atoms with Crippen LogP contribution in [0.4, 0.5) is 13.2 Å². The van der Waals surface area contributed by atoms with Gasteiger partial charge >= 0.3 is 12.1 Å². The Morgan fingerprint density at radius 1 is 1.22 bits per heavy atom. The molecule has 0 bridgehead atoms. The normalized spacial score (nSPS) is 23.2. The zero-order valence-electron chi connectivity index (χ0n) is 16.6. The zero-order valence-corrected chi connectivity index (χ0v) is 17.4. The van der Waals surface area contributed by atoms with E-state index in [0.29, 0.717) is 0 Å². The van der Waals surface area contributed by atoms with E-state index < -0.39 is 57.3 Å². The number of alkyl halides is 3. The Morgan fingerprint density at radius 3 is 2.47 bits per heavy atom. The van der Waals surface area contributed by atoms with E-state index >= 15 is 0 Å². The lowest BCUT2D eigenvalue weighted by atomic mass is 9.95. The van der Waals surface area contributed by atoms with Crippen LogP contribution in [0, 0.1) is 0 Å². The highest BCUT2D eigenvalue weighted by Crippen LogP contribution is 2.41. The molecule has 1 amide bonds. The van der Waals surface area contributed by atoms with Crippen molar-refractivity contribution in [3.8, 4) is 5.75 Å². The molecule has 0 spiro atoms. The minimum absolute atomic E-state index is 0.0331. The summed E-state index contributed by atoms with van der Waals surface area (Å²) in [5.41, 5.74) is 1.50. The van der Waals surface area contributed by atoms with Gasteiger partial charge in [-0.3, -0.25) is 9.78 Å². The molecule has 1 aromatic carbocycles. The molecule has 0 radical (unpaired) electrons. The summed E-state index contributed by atoms with van der Waals surface area (Å²) in [4.78, 5) is 27.3. The Morgan fingerprint density at radius 2 is 1.91 bits per heavy atom. The number of amides is 1. The van der Waals surface area contributed by atoms with Crippen LogP contribution in [0.2, 0.25) is 0 Å². The van der Waals surface area contributed by atoms with Gasteiger partial charge in [-0.25, -0.2) is 9.00 Å². The molecular formula is C20H20F3N3O5S. The number of carbonyl (C=O) groups is 2. The molecule has 2 aromatic rings. The molecule has 172 valence electrons. The monoisotopic (exact) mass is 471 g/mol. The molecule has 0 aliphatic carbocycles. The van der Waals surface area contributed by atoms with Crippen LogP contribution in [-0.2, 0) is 20.1 Å². The summed E-state index contributed by atoms with van der Waals surface area (Å²) >= 11 is 0. The molecule has 3 N–H and O–H groups in total. The lowest BCUT2D eigenvalue weighted by molar-refractivity contribution is -0.268. The van der Waals surface area contributed by atoms with Crippen LogP contribution in [0.5, 0.6) is 5.75 Å². The van der Waals surface area contributed by atoms with Crippen molar-refractivity contribution in [2.24, 2.45) is 10.1 Å². The van der Waals surface area contributed by atoms with Gasteiger partial charge in [0.2, 0.25) is 5.60 Å². The molecule has 1 aliphatic heterocycles. The summed E-state index contributed by atoms with van der Waals surface area (Å²) in [5, 5.41) is 10.5. The van der Waals surface area contributed by atoms with Gasteiger partial charge in [-0.2, -0.15) is 17.5 Å². The lowest BCUT2D eigenvalue weighted by Gasteiger charge is -2.31. The van der Waals surface area contributed by atoms with Gasteiger partial charge in [-0.15, -0.1) is 0 Å². The summed E-state index contributed by atoms with van der Waals surface area (Å²) in [7, 11) is -3.29. The average molecular weight is 471 g/mol. The summed E-state index contributed by atoms with van der Waals surface area (Å²) in [6.07, 6.45) is -5.28. The van der Waals surface area contributed by atoms with E-state index in [0.717, 1.165) is 18.3 Å². The maximum absolute atomic E-state index is 13.8. The van der Waals surface area contributed by atoms with Crippen LogP contribution in [0.1, 0.15) is 28.9 Å². The summed E-state index contributed by atoms with van der Waals surface area (Å²) < 4.78 is 62.5. The van der Waals surface area contributed by atoms with Crippen molar-refractivity contribution in [3.63, 3.8) is 0 Å². The fraction of sp³-hybridized carbons (Fsp3) is 0.350. The lowest BCUT2D eigenvalue weighted by Crippen LogP contribution is -2.45. The molecule has 8 nitrogen and oxygen atoms in total. The van der Waals surface area contributed by atoms with Crippen molar-refractivity contribution in [1.82, 2.24) is 4.98 Å². The first-order valence-corrected chi connectivity index (χ1v) is 11.3. The third-order valence-electron chi connectivity index (χ3n) is 4.95. The van der Waals surface area contributed by atoms with E-state index in [1.807, 2.05) is 0 Å². The number of rotatable bonds is 6. The van der Waals surface area contributed by atoms with Gasteiger partial charge in [0.1, 0.15) is 5.75 Å². The fourth-order valence-electron chi connectivity index (χ4n) is 3.01. The number of nitrogens with two attached hydrogens (primary N) is 1. The Kier molecular flexibility index (Phi) is 6.67. The molecule has 0 saturated carbocycles. The van der Waals surface area contributed by atoms with Gasteiger partial charge in [-0.1, -0.05) is 18.2 Å². The number of nitrogens with zero attached hydrogens (tertiary/aromatic N) is 2. The average Bonchev–Trinajstić information content (AvgIpc) is 2.75. The minimum atomic E-state index is -5.16. The molecule has 0 saturated heterocycles. The predicted molar refractivity (Wildman–Crippen MR) is 108 cm³/mol. The molecule has 2 heterocycles. The molecule has 1 aromatic heterocycles. The van der Waals surface area contributed by atoms with Crippen molar-refractivity contribution in [1.29, 1.82) is 0 Å². The third-order valence-corrected chi connectivity index (χ3v) is 7.18.